The number of aliphatic hydroxyl groups excluding tert-OH is 1. The number of cyclic esters (lactones) is 1. The molecule has 1 unspecified atom stereocenters. The standard InChI is InChI=1S/C40H58N2O9/c1-24-22-25(2)40-29(13-14-30-33(40)34(44)26(3)36(37(30)51-40)50-38(45)28-10-7-8-11-28)23-31(47-6)39(46)49-35(24)27(4)48-32(43)12-9-15-42-19-16-41(5,17-20-42)18-21-42/h7-8,10,13-14,22,24,26-27,29-31,33-37,44H,9,11-12,15-21,23H2,1-6H3/q+2/b25-22+/t24-,26-,27-,29?,30-,31+,33+,34-,35+,36-,37-,40+,41?,42?/m1/s1. The second-order valence-corrected chi connectivity index (χ2v) is 16.9. The zero-order valence-corrected chi connectivity index (χ0v) is 31.2. The van der Waals surface area contributed by atoms with Crippen LogP contribution in [0.5, 0.6) is 0 Å². The van der Waals surface area contributed by atoms with Crippen molar-refractivity contribution in [2.75, 3.05) is 60.0 Å². The summed E-state index contributed by atoms with van der Waals surface area (Å²) in [6.45, 7) is 15.8. The Morgan fingerprint density at radius 2 is 1.84 bits per heavy atom. The first-order valence-electron chi connectivity index (χ1n) is 19.2. The minimum absolute atomic E-state index is 0.185. The molecule has 8 rings (SSSR count). The Hall–Kier alpha value is -2.83. The Labute approximate surface area is 302 Å². The summed E-state index contributed by atoms with van der Waals surface area (Å²) in [7, 11) is 3.84. The van der Waals surface area contributed by atoms with Gasteiger partial charge in [-0.25, -0.2) is 9.59 Å². The molecule has 11 nitrogen and oxygen atoms in total. The molecule has 8 aliphatic rings. The molecule has 4 saturated heterocycles. The first-order valence-corrected chi connectivity index (χ1v) is 19.2. The third-order valence-corrected chi connectivity index (χ3v) is 13.8. The molecule has 1 spiro atoms. The third-order valence-electron chi connectivity index (χ3n) is 13.8. The van der Waals surface area contributed by atoms with Gasteiger partial charge < -0.3 is 37.8 Å². The number of aliphatic hydroxyl groups is 1. The lowest BCUT2D eigenvalue weighted by Gasteiger charge is -2.54. The van der Waals surface area contributed by atoms with Crippen molar-refractivity contribution < 1.29 is 52.1 Å². The van der Waals surface area contributed by atoms with Gasteiger partial charge in [0.1, 0.15) is 69.3 Å². The highest BCUT2D eigenvalue weighted by Gasteiger charge is 2.69. The van der Waals surface area contributed by atoms with E-state index in [0.717, 1.165) is 23.0 Å². The van der Waals surface area contributed by atoms with Crippen LogP contribution < -0.4 is 0 Å². The minimum atomic E-state index is -0.966. The minimum Gasteiger partial charge on any atom is -0.459 e. The predicted octanol–water partition coefficient (Wildman–Crippen LogP) is 3.27. The monoisotopic (exact) mass is 710 g/mol. The lowest BCUT2D eigenvalue weighted by Crippen LogP contribution is -2.73. The fourth-order valence-corrected chi connectivity index (χ4v) is 10.5. The number of ether oxygens (including phenoxy) is 5. The van der Waals surface area contributed by atoms with E-state index in [-0.39, 0.29) is 47.9 Å². The molecule has 0 radical (unpaired) electrons. The van der Waals surface area contributed by atoms with Crippen molar-refractivity contribution in [3.05, 3.63) is 47.6 Å². The fraction of sp³-hybridized carbons (Fsp3) is 0.725. The van der Waals surface area contributed by atoms with Gasteiger partial charge in [-0.2, -0.15) is 0 Å². The number of piperazine rings is 3. The summed E-state index contributed by atoms with van der Waals surface area (Å²) in [6.07, 6.45) is 9.30. The summed E-state index contributed by atoms with van der Waals surface area (Å²) in [5, 5.41) is 12.0. The molecule has 0 aromatic carbocycles. The van der Waals surface area contributed by atoms with E-state index in [2.05, 4.69) is 25.3 Å². The smallest absolute Gasteiger partial charge is 0.335 e. The Balaban J connectivity index is 1.10. The van der Waals surface area contributed by atoms with E-state index in [1.165, 1.54) is 50.9 Å². The normalized spacial score (nSPS) is 45.6. The van der Waals surface area contributed by atoms with E-state index in [1.807, 2.05) is 32.9 Å². The van der Waals surface area contributed by atoms with Gasteiger partial charge in [0, 0.05) is 48.7 Å². The number of carbonyl (C=O) groups excluding carboxylic acids is 3. The van der Waals surface area contributed by atoms with E-state index < -0.39 is 48.2 Å². The molecule has 5 heterocycles. The average Bonchev–Trinajstić information content (AvgIpc) is 3.71. The molecule has 0 amide bonds. The van der Waals surface area contributed by atoms with Crippen LogP contribution in [0.3, 0.4) is 0 Å². The number of methoxy groups -OCH3 is 1. The van der Waals surface area contributed by atoms with Crippen LogP contribution in [0.25, 0.3) is 0 Å². The summed E-state index contributed by atoms with van der Waals surface area (Å²) in [5.41, 5.74) is 0.527. The number of hydrogen-bond acceptors (Lipinski definition) is 9. The van der Waals surface area contributed by atoms with Gasteiger partial charge in [-0.15, -0.1) is 0 Å². The van der Waals surface area contributed by atoms with Crippen molar-refractivity contribution in [1.29, 1.82) is 0 Å². The van der Waals surface area contributed by atoms with Crippen molar-refractivity contribution in [3.63, 3.8) is 0 Å². The molecule has 0 aromatic heterocycles. The number of quaternary nitrogens is 2. The third kappa shape index (κ3) is 6.45. The van der Waals surface area contributed by atoms with Crippen LogP contribution in [0, 0.1) is 29.6 Å². The highest BCUT2D eigenvalue weighted by Crippen LogP contribution is 2.61. The lowest BCUT2D eigenvalue weighted by atomic mass is 9.57. The van der Waals surface area contributed by atoms with Crippen LogP contribution in [-0.2, 0) is 38.1 Å². The highest BCUT2D eigenvalue weighted by molar-refractivity contribution is 5.90. The molecule has 11 heteroatoms. The number of nitrogens with zero attached hydrogens (tertiary/aromatic N) is 2. The molecule has 12 atom stereocenters. The van der Waals surface area contributed by atoms with Crippen LogP contribution in [-0.4, -0.2) is 134 Å². The molecule has 1 saturated carbocycles. The van der Waals surface area contributed by atoms with Crippen LogP contribution in [0.15, 0.2) is 47.6 Å². The van der Waals surface area contributed by atoms with Gasteiger partial charge in [0.15, 0.2) is 6.10 Å². The number of fused-ring (bicyclic) bond motifs is 3. The topological polar surface area (TPSA) is 118 Å². The molecule has 5 aliphatic heterocycles. The molecule has 1 N–H and O–H groups in total. The fourth-order valence-electron chi connectivity index (χ4n) is 10.5. The number of allylic oxidation sites excluding steroid dienone is 3. The Morgan fingerprint density at radius 1 is 1.12 bits per heavy atom. The SMILES string of the molecule is CO[C@H]1CC2C=C[C@H]3[C@H]4O[C@]2(/C(C)=C/[C@@H](C)[C@@H]([C@@H](C)OC(=O)CCC[N+]25CC[N+](C)(CC2)CC5)OC1=O)[C@@H]3[C@H](O)[C@@H](C)[C@H]4OC(=O)C1=CC=CC1. The number of carbonyl (C=O) groups is 3. The van der Waals surface area contributed by atoms with Gasteiger partial charge in [0.25, 0.3) is 0 Å². The van der Waals surface area contributed by atoms with E-state index in [1.54, 1.807) is 13.0 Å². The quantitative estimate of drug-likeness (QED) is 0.167. The zero-order chi connectivity index (χ0) is 36.3. The van der Waals surface area contributed by atoms with Crippen molar-refractivity contribution in [3.8, 4) is 0 Å². The molecular weight excluding hydrogens is 652 g/mol. The van der Waals surface area contributed by atoms with Crippen LogP contribution >= 0.6 is 0 Å². The van der Waals surface area contributed by atoms with Gasteiger partial charge in [-0.3, -0.25) is 4.79 Å². The lowest BCUT2D eigenvalue weighted by molar-refractivity contribution is -1.07. The Kier molecular flexibility index (Phi) is 9.93. The van der Waals surface area contributed by atoms with E-state index in [0.29, 0.717) is 18.4 Å². The molecule has 3 aliphatic carbocycles. The van der Waals surface area contributed by atoms with Crippen molar-refractivity contribution >= 4 is 17.9 Å². The first-order chi connectivity index (χ1) is 24.3. The van der Waals surface area contributed by atoms with Gasteiger partial charge in [-0.05, 0) is 32.3 Å². The van der Waals surface area contributed by atoms with Crippen LogP contribution in [0.1, 0.15) is 53.4 Å². The molecule has 0 aromatic rings. The predicted molar refractivity (Wildman–Crippen MR) is 188 cm³/mol. The maximum Gasteiger partial charge on any atom is 0.335 e. The van der Waals surface area contributed by atoms with Gasteiger partial charge in [0.05, 0.1) is 26.1 Å². The van der Waals surface area contributed by atoms with Crippen LogP contribution in [0.4, 0.5) is 0 Å². The van der Waals surface area contributed by atoms with E-state index >= 15 is 0 Å². The Morgan fingerprint density at radius 3 is 2.51 bits per heavy atom. The number of esters is 3. The summed E-state index contributed by atoms with van der Waals surface area (Å²) in [6, 6.07) is 0. The molecule has 6 bridgehead atoms. The van der Waals surface area contributed by atoms with E-state index in [9.17, 15) is 19.5 Å². The van der Waals surface area contributed by atoms with Crippen molar-refractivity contribution in [1.82, 2.24) is 0 Å². The van der Waals surface area contributed by atoms with Gasteiger partial charge in [-0.1, -0.05) is 50.3 Å². The molecule has 5 fully saturated rings. The van der Waals surface area contributed by atoms with Crippen molar-refractivity contribution in [2.24, 2.45) is 29.6 Å². The molecule has 280 valence electrons. The van der Waals surface area contributed by atoms with E-state index in [4.69, 9.17) is 23.7 Å². The Bertz CT molecular complexity index is 1490. The average molecular weight is 711 g/mol. The number of hydrogen-bond donors (Lipinski definition) is 1. The van der Waals surface area contributed by atoms with Gasteiger partial charge >= 0.3 is 17.9 Å². The second kappa shape index (κ2) is 13.9. The largest absolute Gasteiger partial charge is 0.459 e. The van der Waals surface area contributed by atoms with Crippen LogP contribution in [0.2, 0.25) is 0 Å². The molecule has 51 heavy (non-hydrogen) atoms. The van der Waals surface area contributed by atoms with Crippen molar-refractivity contribution in [2.45, 2.75) is 95.6 Å². The maximum absolute atomic E-state index is 13.8. The van der Waals surface area contributed by atoms with Gasteiger partial charge in [0.2, 0.25) is 0 Å². The highest BCUT2D eigenvalue weighted by atomic mass is 16.6. The second-order valence-electron chi connectivity index (χ2n) is 16.9. The summed E-state index contributed by atoms with van der Waals surface area (Å²) in [4.78, 5) is 40.1. The first kappa shape index (κ1) is 36.5. The summed E-state index contributed by atoms with van der Waals surface area (Å²) in [5.74, 6) is -2.73. The maximum atomic E-state index is 13.8. The summed E-state index contributed by atoms with van der Waals surface area (Å²) < 4.78 is 33.4. The molecular formula is C40H58N2O9+2. The zero-order valence-electron chi connectivity index (χ0n) is 31.2. The number of likely N-dealkylation sites (N-methyl/N-ethyl adjacent to an activating group) is 1. The number of rotatable bonds is 9. The summed E-state index contributed by atoms with van der Waals surface area (Å²) >= 11 is 0.